The Hall–Kier alpha value is -5.94. The van der Waals surface area contributed by atoms with Gasteiger partial charge in [-0.2, -0.15) is 0 Å². The maximum atomic E-state index is 13.9. The van der Waals surface area contributed by atoms with Gasteiger partial charge in [-0.05, 0) is 72.0 Å². The number of rotatable bonds is 8. The van der Waals surface area contributed by atoms with Gasteiger partial charge in [0.2, 0.25) is 5.88 Å². The van der Waals surface area contributed by atoms with Crippen molar-refractivity contribution in [3.8, 4) is 11.6 Å². The van der Waals surface area contributed by atoms with Gasteiger partial charge in [-0.25, -0.2) is 14.9 Å². The van der Waals surface area contributed by atoms with E-state index in [4.69, 9.17) is 4.74 Å². The van der Waals surface area contributed by atoms with Gasteiger partial charge < -0.3 is 9.72 Å². The zero-order chi connectivity index (χ0) is 34.7. The zero-order valence-electron chi connectivity index (χ0n) is 26.9. The molecule has 11 heteroatoms. The number of nitrogens with zero attached hydrogens (tertiary/aromatic N) is 3. The quantitative estimate of drug-likeness (QED) is 0.103. The number of nitrogens with one attached hydrogen (secondary N) is 1. The van der Waals surface area contributed by atoms with Crippen LogP contribution in [0.4, 0.5) is 5.69 Å². The first-order valence-electron chi connectivity index (χ1n) is 16.1. The molecule has 0 saturated carbocycles. The van der Waals surface area contributed by atoms with E-state index in [-0.39, 0.29) is 39.0 Å². The van der Waals surface area contributed by atoms with Gasteiger partial charge >= 0.3 is 0 Å². The lowest BCUT2D eigenvalue weighted by molar-refractivity contribution is 0.0882. The summed E-state index contributed by atoms with van der Waals surface area (Å²) in [5.41, 5.74) is 2.32. The first-order valence-corrected chi connectivity index (χ1v) is 17.1. The van der Waals surface area contributed by atoms with Crippen LogP contribution in [-0.4, -0.2) is 44.1 Å². The molecule has 0 unspecified atom stereocenters. The predicted octanol–water partition coefficient (Wildman–Crippen LogP) is 7.17. The highest BCUT2D eigenvalue weighted by Gasteiger charge is 2.46. The van der Waals surface area contributed by atoms with E-state index in [1.165, 1.54) is 18.2 Å². The van der Waals surface area contributed by atoms with Gasteiger partial charge in [-0.15, -0.1) is 11.8 Å². The summed E-state index contributed by atoms with van der Waals surface area (Å²) in [6.07, 6.45) is 8.68. The lowest BCUT2D eigenvalue weighted by atomic mass is 10.0. The van der Waals surface area contributed by atoms with Crippen LogP contribution in [0, 0.1) is 5.92 Å². The predicted molar refractivity (Wildman–Crippen MR) is 189 cm³/mol. The number of ketones is 2. The molecule has 2 amide bonds. The van der Waals surface area contributed by atoms with Crippen LogP contribution in [0.2, 0.25) is 0 Å². The number of carbonyl (C=O) groups excluding carboxylic acids is 4. The number of hydrogen-bond acceptors (Lipinski definition) is 9. The molecule has 0 atom stereocenters. The van der Waals surface area contributed by atoms with Crippen LogP contribution in [0.15, 0.2) is 101 Å². The smallest absolute Gasteiger partial charge is 0.266 e. The summed E-state index contributed by atoms with van der Waals surface area (Å²) in [7, 11) is 0. The number of carbonyl (C=O) groups is 4. The van der Waals surface area contributed by atoms with Crippen LogP contribution < -0.4 is 15.2 Å². The number of amides is 2. The first-order chi connectivity index (χ1) is 24.2. The summed E-state index contributed by atoms with van der Waals surface area (Å²) in [4.78, 5) is 81.7. The average Bonchev–Trinajstić information content (AvgIpc) is 3.80. The van der Waals surface area contributed by atoms with E-state index in [0.29, 0.717) is 23.2 Å². The van der Waals surface area contributed by atoms with Crippen molar-refractivity contribution >= 4 is 57.3 Å². The molecule has 3 aromatic carbocycles. The maximum Gasteiger partial charge on any atom is 0.266 e. The SMILES string of the molecule is CC(C)CSc1cc(C2=CCC=C2)ccc1N1C(=O)c2cc3c(cc2C1=O)C(=O)C(c1nc2ccc(Oc4ccccn4)cc2c(=O)[nH]1)C3=O. The fraction of sp³-hybridized carbons (Fsp3) is 0.154. The van der Waals surface area contributed by atoms with Crippen LogP contribution in [0.1, 0.15) is 79.0 Å². The summed E-state index contributed by atoms with van der Waals surface area (Å²) < 4.78 is 5.73. The van der Waals surface area contributed by atoms with Crippen molar-refractivity contribution < 1.29 is 23.9 Å². The third-order valence-corrected chi connectivity index (χ3v) is 10.3. The number of benzene rings is 3. The summed E-state index contributed by atoms with van der Waals surface area (Å²) in [5.74, 6) is -2.07. The molecular formula is C39H28N4O6S. The van der Waals surface area contributed by atoms with E-state index in [2.05, 4.69) is 47.0 Å². The van der Waals surface area contributed by atoms with Crippen LogP contribution in [0.25, 0.3) is 16.5 Å². The second-order valence-corrected chi connectivity index (χ2v) is 13.7. The Morgan fingerprint density at radius 3 is 2.32 bits per heavy atom. The molecule has 0 spiro atoms. The minimum Gasteiger partial charge on any atom is -0.439 e. The van der Waals surface area contributed by atoms with E-state index in [1.54, 1.807) is 54.4 Å². The van der Waals surface area contributed by atoms with Gasteiger partial charge in [0, 0.05) is 34.0 Å². The van der Waals surface area contributed by atoms with E-state index in [0.717, 1.165) is 33.1 Å². The minimum absolute atomic E-state index is 0.00770. The molecule has 1 N–H and O–H groups in total. The third-order valence-electron chi connectivity index (χ3n) is 8.79. The molecule has 0 saturated heterocycles. The molecule has 50 heavy (non-hydrogen) atoms. The van der Waals surface area contributed by atoms with Crippen LogP contribution in [-0.2, 0) is 0 Å². The highest BCUT2D eigenvalue weighted by Crippen LogP contribution is 2.41. The minimum atomic E-state index is -1.43. The lowest BCUT2D eigenvalue weighted by Crippen LogP contribution is -2.30. The van der Waals surface area contributed by atoms with E-state index < -0.39 is 34.9 Å². The number of H-pyrrole nitrogens is 1. The average molecular weight is 681 g/mol. The first kappa shape index (κ1) is 31.3. The summed E-state index contributed by atoms with van der Waals surface area (Å²) in [5, 5.41) is 0.197. The molecule has 246 valence electrons. The molecule has 2 aliphatic carbocycles. The van der Waals surface area contributed by atoms with Gasteiger partial charge in [-0.3, -0.25) is 24.0 Å². The molecule has 1 aliphatic heterocycles. The third kappa shape index (κ3) is 5.26. The van der Waals surface area contributed by atoms with Crippen molar-refractivity contribution in [3.63, 3.8) is 0 Å². The molecule has 10 nitrogen and oxygen atoms in total. The van der Waals surface area contributed by atoms with Crippen molar-refractivity contribution in [2.45, 2.75) is 31.1 Å². The number of imide groups is 1. The summed E-state index contributed by atoms with van der Waals surface area (Å²) >= 11 is 1.57. The monoisotopic (exact) mass is 680 g/mol. The molecule has 2 aromatic heterocycles. The van der Waals surface area contributed by atoms with Gasteiger partial charge in [0.1, 0.15) is 17.5 Å². The molecule has 5 aromatic rings. The number of ether oxygens (including phenoxy) is 1. The largest absolute Gasteiger partial charge is 0.439 e. The van der Waals surface area contributed by atoms with Crippen molar-refractivity contribution in [2.24, 2.45) is 5.92 Å². The van der Waals surface area contributed by atoms with Gasteiger partial charge in [0.05, 0.1) is 27.7 Å². The summed E-state index contributed by atoms with van der Waals surface area (Å²) in [6, 6.07) is 18.2. The van der Waals surface area contributed by atoms with Crippen molar-refractivity contribution in [3.05, 3.63) is 135 Å². The molecule has 0 fully saturated rings. The normalized spacial score (nSPS) is 15.4. The van der Waals surface area contributed by atoms with Gasteiger partial charge in [0.15, 0.2) is 11.6 Å². The number of aromatic amines is 1. The zero-order valence-corrected chi connectivity index (χ0v) is 27.7. The number of thioether (sulfide) groups is 1. The number of fused-ring (bicyclic) bond motifs is 3. The highest BCUT2D eigenvalue weighted by molar-refractivity contribution is 7.99. The van der Waals surface area contributed by atoms with Crippen LogP contribution in [0.3, 0.4) is 0 Å². The molecule has 0 bridgehead atoms. The van der Waals surface area contributed by atoms with E-state index in [9.17, 15) is 24.0 Å². The fourth-order valence-corrected chi connectivity index (χ4v) is 7.41. The standard InChI is InChI=1S/C39H28N4O6S/c1-20(2)19-50-31-15-22(21-7-3-4-8-21)10-13-30(31)43-38(47)26-17-24-25(18-27(26)39(43)48)35(45)33(34(24)44)36-41-29-12-11-23(16-28(29)37(46)42-36)49-32-9-5-6-14-40-32/h3,5-18,20,33H,4,19H2,1-2H3,(H,41,42,46). The number of allylic oxidation sites excluding steroid dienone is 4. The molecule has 8 rings (SSSR count). The topological polar surface area (TPSA) is 139 Å². The number of hydrogen-bond donors (Lipinski definition) is 1. The second-order valence-electron chi connectivity index (χ2n) is 12.6. The van der Waals surface area contributed by atoms with Crippen LogP contribution >= 0.6 is 11.8 Å². The molecule has 3 aliphatic rings. The number of anilines is 1. The Morgan fingerprint density at radius 1 is 0.900 bits per heavy atom. The van der Waals surface area contributed by atoms with Crippen molar-refractivity contribution in [1.82, 2.24) is 15.0 Å². The number of pyridine rings is 1. The Labute approximate surface area is 289 Å². The highest BCUT2D eigenvalue weighted by atomic mass is 32.2. The van der Waals surface area contributed by atoms with E-state index in [1.807, 2.05) is 12.1 Å². The van der Waals surface area contributed by atoms with Gasteiger partial charge in [0.25, 0.3) is 17.4 Å². The van der Waals surface area contributed by atoms with E-state index >= 15 is 0 Å². The second kappa shape index (κ2) is 12.2. The van der Waals surface area contributed by atoms with Crippen molar-refractivity contribution in [2.75, 3.05) is 10.7 Å². The van der Waals surface area contributed by atoms with Crippen molar-refractivity contribution in [1.29, 1.82) is 0 Å². The fourth-order valence-electron chi connectivity index (χ4n) is 6.38. The number of aromatic nitrogens is 3. The Kier molecular flexibility index (Phi) is 7.64. The molecule has 3 heterocycles. The Morgan fingerprint density at radius 2 is 1.66 bits per heavy atom. The number of Topliss-reactive ketones (excluding diaryl/α,β-unsaturated/α-hetero) is 2. The molecular weight excluding hydrogens is 653 g/mol. The van der Waals surface area contributed by atoms with Gasteiger partial charge in [-0.1, -0.05) is 44.2 Å². The van der Waals surface area contributed by atoms with Crippen LogP contribution in [0.5, 0.6) is 11.6 Å². The Bertz CT molecular complexity index is 2380. The Balaban J connectivity index is 1.11. The maximum absolute atomic E-state index is 13.9. The summed E-state index contributed by atoms with van der Waals surface area (Å²) in [6.45, 7) is 4.20. The molecule has 0 radical (unpaired) electrons. The lowest BCUT2D eigenvalue weighted by Gasteiger charge is -2.19.